The van der Waals surface area contributed by atoms with Crippen molar-refractivity contribution in [1.29, 1.82) is 0 Å². The van der Waals surface area contributed by atoms with E-state index >= 15 is 0 Å². The molecule has 0 radical (unpaired) electrons. The van der Waals surface area contributed by atoms with Crippen LogP contribution in [0.2, 0.25) is 0 Å². The maximum absolute atomic E-state index is 10.3. The van der Waals surface area contributed by atoms with Crippen LogP contribution in [-0.2, 0) is 5.41 Å². The summed E-state index contributed by atoms with van der Waals surface area (Å²) in [6, 6.07) is 8.24. The number of rotatable bonds is 2. The Morgan fingerprint density at radius 1 is 0.571 bits per heavy atom. The van der Waals surface area contributed by atoms with Crippen LogP contribution in [0, 0.1) is 38.5 Å². The molecule has 0 spiro atoms. The summed E-state index contributed by atoms with van der Waals surface area (Å²) in [7, 11) is 0. The van der Waals surface area contributed by atoms with E-state index in [1.165, 1.54) is 17.5 Å². The molecule has 2 N–H and O–H groups in total. The lowest BCUT2D eigenvalue weighted by Gasteiger charge is -2.54. The molecule has 0 bridgehead atoms. The fraction of sp³-hybridized carbons (Fsp3) is 0.538. The molecule has 0 heterocycles. The minimum absolute atomic E-state index is 0.143. The average molecular weight is 381 g/mol. The van der Waals surface area contributed by atoms with Crippen LogP contribution in [0.25, 0.3) is 0 Å². The van der Waals surface area contributed by atoms with Crippen LogP contribution in [0.1, 0.15) is 80.3 Å². The van der Waals surface area contributed by atoms with Crippen molar-refractivity contribution >= 4 is 0 Å². The minimum Gasteiger partial charge on any atom is -0.508 e. The van der Waals surface area contributed by atoms with Gasteiger partial charge in [-0.2, -0.15) is 0 Å². The third-order valence-electron chi connectivity index (χ3n) is 6.63. The quantitative estimate of drug-likeness (QED) is 0.598. The van der Waals surface area contributed by atoms with E-state index < -0.39 is 0 Å². The van der Waals surface area contributed by atoms with E-state index in [0.717, 1.165) is 35.1 Å². The van der Waals surface area contributed by atoms with Gasteiger partial charge in [0.05, 0.1) is 0 Å². The molecule has 1 fully saturated rings. The molecule has 1 aliphatic carbocycles. The molecule has 2 aromatic rings. The first kappa shape index (κ1) is 20.8. The lowest BCUT2D eigenvalue weighted by atomic mass is 9.50. The molecule has 2 heteroatoms. The van der Waals surface area contributed by atoms with Crippen molar-refractivity contribution in [2.75, 3.05) is 0 Å². The Balaban J connectivity index is 2.39. The van der Waals surface area contributed by atoms with E-state index in [9.17, 15) is 10.2 Å². The van der Waals surface area contributed by atoms with Gasteiger partial charge in [-0.3, -0.25) is 0 Å². The second kappa shape index (κ2) is 6.54. The topological polar surface area (TPSA) is 40.5 Å². The van der Waals surface area contributed by atoms with E-state index in [-0.39, 0.29) is 16.2 Å². The number of benzene rings is 2. The van der Waals surface area contributed by atoms with E-state index in [0.29, 0.717) is 11.5 Å². The number of phenolic OH excluding ortho intramolecular Hbond substituents is 2. The van der Waals surface area contributed by atoms with E-state index in [1.54, 1.807) is 0 Å². The normalized spacial score (nSPS) is 20.1. The summed E-state index contributed by atoms with van der Waals surface area (Å²) in [4.78, 5) is 0. The molecule has 2 aromatic carbocycles. The predicted octanol–water partition coefficient (Wildman–Crippen LogP) is 6.85. The molecule has 0 atom stereocenters. The molecule has 0 aliphatic heterocycles. The maximum atomic E-state index is 10.3. The summed E-state index contributed by atoms with van der Waals surface area (Å²) in [6.07, 6.45) is 3.30. The van der Waals surface area contributed by atoms with Crippen molar-refractivity contribution in [2.24, 2.45) is 10.8 Å². The Bertz CT molecular complexity index is 843. The Hall–Kier alpha value is -1.96. The Morgan fingerprint density at radius 3 is 1.29 bits per heavy atom. The molecule has 0 saturated heterocycles. The molecule has 1 aliphatic rings. The fourth-order valence-corrected chi connectivity index (χ4v) is 6.28. The van der Waals surface area contributed by atoms with Gasteiger partial charge in [-0.15, -0.1) is 0 Å². The summed E-state index contributed by atoms with van der Waals surface area (Å²) >= 11 is 0. The highest BCUT2D eigenvalue weighted by molar-refractivity contribution is 5.54. The van der Waals surface area contributed by atoms with Crippen LogP contribution in [0.5, 0.6) is 11.5 Å². The molecule has 0 amide bonds. The molecule has 152 valence electrons. The first-order valence-electron chi connectivity index (χ1n) is 10.4. The van der Waals surface area contributed by atoms with Crippen molar-refractivity contribution in [3.8, 4) is 11.5 Å². The van der Waals surface area contributed by atoms with Crippen molar-refractivity contribution in [2.45, 2.75) is 80.1 Å². The summed E-state index contributed by atoms with van der Waals surface area (Å²) < 4.78 is 0. The van der Waals surface area contributed by atoms with Gasteiger partial charge in [-0.25, -0.2) is 0 Å². The highest BCUT2D eigenvalue weighted by atomic mass is 16.3. The second-order valence-electron chi connectivity index (χ2n) is 10.8. The van der Waals surface area contributed by atoms with Crippen LogP contribution >= 0.6 is 0 Å². The molecular formula is C26H36O2. The van der Waals surface area contributed by atoms with Crippen molar-refractivity contribution in [1.82, 2.24) is 0 Å². The molecule has 28 heavy (non-hydrogen) atoms. The fourth-order valence-electron chi connectivity index (χ4n) is 6.28. The van der Waals surface area contributed by atoms with Crippen molar-refractivity contribution in [3.63, 3.8) is 0 Å². The van der Waals surface area contributed by atoms with Crippen LogP contribution in [0.4, 0.5) is 0 Å². The minimum atomic E-state index is -0.143. The van der Waals surface area contributed by atoms with Gasteiger partial charge in [0.2, 0.25) is 0 Å². The van der Waals surface area contributed by atoms with E-state index in [2.05, 4.69) is 53.7 Å². The summed E-state index contributed by atoms with van der Waals surface area (Å²) in [6.45, 7) is 17.7. The van der Waals surface area contributed by atoms with Crippen molar-refractivity contribution < 1.29 is 10.2 Å². The van der Waals surface area contributed by atoms with E-state index in [4.69, 9.17) is 0 Å². The number of phenols is 2. The van der Waals surface area contributed by atoms with E-state index in [1.807, 2.05) is 26.0 Å². The van der Waals surface area contributed by atoms with Crippen LogP contribution in [0.3, 0.4) is 0 Å². The monoisotopic (exact) mass is 380 g/mol. The van der Waals surface area contributed by atoms with Gasteiger partial charge in [0.15, 0.2) is 0 Å². The van der Waals surface area contributed by atoms with Gasteiger partial charge in [0.25, 0.3) is 0 Å². The summed E-state index contributed by atoms with van der Waals surface area (Å²) in [5, 5.41) is 20.6. The second-order valence-corrected chi connectivity index (χ2v) is 10.8. The zero-order chi connectivity index (χ0) is 21.1. The molecular weight excluding hydrogens is 344 g/mol. The van der Waals surface area contributed by atoms with Gasteiger partial charge in [-0.05, 0) is 103 Å². The first-order chi connectivity index (χ1) is 12.8. The van der Waals surface area contributed by atoms with Crippen LogP contribution in [0.15, 0.2) is 24.3 Å². The number of aromatic hydroxyl groups is 2. The highest BCUT2D eigenvalue weighted by Gasteiger charge is 2.50. The SMILES string of the molecule is Cc1cc(C2(c3cc(C)c(O)cc3C)CC(C)(C)CC(C)(C)C2)c(C)cc1O. The summed E-state index contributed by atoms with van der Waals surface area (Å²) in [5.74, 6) is 0.730. The molecule has 0 aromatic heterocycles. The zero-order valence-corrected chi connectivity index (χ0v) is 18.8. The average Bonchev–Trinajstić information content (AvgIpc) is 2.51. The molecule has 1 saturated carbocycles. The van der Waals surface area contributed by atoms with Gasteiger partial charge in [-0.1, -0.05) is 39.8 Å². The first-order valence-corrected chi connectivity index (χ1v) is 10.4. The van der Waals surface area contributed by atoms with Crippen LogP contribution in [-0.4, -0.2) is 10.2 Å². The number of aryl methyl sites for hydroxylation is 4. The predicted molar refractivity (Wildman–Crippen MR) is 117 cm³/mol. The molecule has 2 nitrogen and oxygen atoms in total. The highest BCUT2D eigenvalue weighted by Crippen LogP contribution is 2.59. The van der Waals surface area contributed by atoms with Gasteiger partial charge in [0.1, 0.15) is 11.5 Å². The third-order valence-corrected chi connectivity index (χ3v) is 6.63. The Labute approximate surface area is 170 Å². The number of hydrogen-bond acceptors (Lipinski definition) is 2. The lowest BCUT2D eigenvalue weighted by Crippen LogP contribution is -2.45. The largest absolute Gasteiger partial charge is 0.508 e. The maximum Gasteiger partial charge on any atom is 0.118 e. The Kier molecular flexibility index (Phi) is 4.85. The smallest absolute Gasteiger partial charge is 0.118 e. The summed E-state index contributed by atoms with van der Waals surface area (Å²) in [5.41, 5.74) is 7.01. The standard InChI is InChI=1S/C26H36O2/c1-16-11-22(27)18(3)9-20(16)26(14-24(5,6)13-25(7,8)15-26)21-10-19(4)23(28)12-17(21)2/h9-12,27-28H,13-15H2,1-8H3. The van der Waals surface area contributed by atoms with Gasteiger partial charge in [0, 0.05) is 5.41 Å². The number of hydrogen-bond donors (Lipinski definition) is 2. The third kappa shape index (κ3) is 3.54. The molecule has 0 unspecified atom stereocenters. The Morgan fingerprint density at radius 2 is 0.929 bits per heavy atom. The molecule has 3 rings (SSSR count). The van der Waals surface area contributed by atoms with Crippen LogP contribution < -0.4 is 0 Å². The van der Waals surface area contributed by atoms with Gasteiger partial charge >= 0.3 is 0 Å². The lowest BCUT2D eigenvalue weighted by molar-refractivity contribution is 0.0621. The zero-order valence-electron chi connectivity index (χ0n) is 18.8. The van der Waals surface area contributed by atoms with Gasteiger partial charge < -0.3 is 10.2 Å². The van der Waals surface area contributed by atoms with Crippen molar-refractivity contribution in [3.05, 3.63) is 57.6 Å².